The molecular formula is C10H15N3. The quantitative estimate of drug-likeness (QED) is 0.735. The Balaban J connectivity index is 2.09. The fourth-order valence-corrected chi connectivity index (χ4v) is 1.77. The molecular weight excluding hydrogens is 162 g/mol. The van der Waals surface area contributed by atoms with Gasteiger partial charge in [0.15, 0.2) is 0 Å². The number of likely N-dealkylation sites (N-methyl/N-ethyl adjacent to an activating group) is 1. The number of pyridine rings is 1. The zero-order valence-corrected chi connectivity index (χ0v) is 7.95. The molecule has 13 heavy (non-hydrogen) atoms. The summed E-state index contributed by atoms with van der Waals surface area (Å²) in [5.41, 5.74) is 2.75. The smallest absolute Gasteiger partial charge is 0.0586 e. The molecule has 0 saturated carbocycles. The first kappa shape index (κ1) is 8.51. The summed E-state index contributed by atoms with van der Waals surface area (Å²) in [7, 11) is 1.99. The van der Waals surface area contributed by atoms with E-state index < -0.39 is 0 Å². The third-order valence-corrected chi connectivity index (χ3v) is 2.51. The number of nitrogens with zero attached hydrogens (tertiary/aromatic N) is 2. The minimum Gasteiger partial charge on any atom is -0.368 e. The van der Waals surface area contributed by atoms with Gasteiger partial charge in [-0.15, -0.1) is 0 Å². The van der Waals surface area contributed by atoms with Gasteiger partial charge >= 0.3 is 0 Å². The molecule has 0 amide bonds. The standard InChI is InChI=1S/C10H15N3/c1-11-5-7-13-6-3-9-2-4-12-8-10(9)13/h2,4,8,11H,3,5-7H2,1H3. The maximum absolute atomic E-state index is 4.15. The Morgan fingerprint density at radius 2 is 2.54 bits per heavy atom. The van der Waals surface area contributed by atoms with Gasteiger partial charge in [-0.05, 0) is 25.1 Å². The van der Waals surface area contributed by atoms with Gasteiger partial charge in [-0.1, -0.05) is 0 Å². The molecule has 0 radical (unpaired) electrons. The van der Waals surface area contributed by atoms with Crippen LogP contribution in [0.4, 0.5) is 5.69 Å². The molecule has 1 aliphatic heterocycles. The first-order chi connectivity index (χ1) is 6.42. The molecule has 0 spiro atoms. The van der Waals surface area contributed by atoms with E-state index in [0.29, 0.717) is 0 Å². The molecule has 0 aliphatic carbocycles. The van der Waals surface area contributed by atoms with E-state index in [-0.39, 0.29) is 0 Å². The van der Waals surface area contributed by atoms with Gasteiger partial charge in [0.25, 0.3) is 0 Å². The Hall–Kier alpha value is -1.09. The van der Waals surface area contributed by atoms with Crippen molar-refractivity contribution < 1.29 is 0 Å². The van der Waals surface area contributed by atoms with Gasteiger partial charge in [-0.25, -0.2) is 0 Å². The van der Waals surface area contributed by atoms with E-state index in [1.54, 1.807) is 0 Å². The second-order valence-corrected chi connectivity index (χ2v) is 3.34. The van der Waals surface area contributed by atoms with Crippen LogP contribution in [0, 0.1) is 0 Å². The van der Waals surface area contributed by atoms with Gasteiger partial charge in [-0.2, -0.15) is 0 Å². The van der Waals surface area contributed by atoms with Crippen LogP contribution in [0.1, 0.15) is 5.56 Å². The average molecular weight is 177 g/mol. The van der Waals surface area contributed by atoms with Gasteiger partial charge in [-0.3, -0.25) is 4.98 Å². The molecule has 0 bridgehead atoms. The molecule has 0 unspecified atom stereocenters. The predicted octanol–water partition coefficient (Wildman–Crippen LogP) is 0.663. The van der Waals surface area contributed by atoms with Crippen LogP contribution in [0.2, 0.25) is 0 Å². The van der Waals surface area contributed by atoms with Crippen LogP contribution in [0.25, 0.3) is 0 Å². The molecule has 0 fully saturated rings. The number of aromatic nitrogens is 1. The summed E-state index contributed by atoms with van der Waals surface area (Å²) in [5, 5.41) is 3.16. The van der Waals surface area contributed by atoms with Crippen molar-refractivity contribution in [2.24, 2.45) is 0 Å². The van der Waals surface area contributed by atoms with Gasteiger partial charge in [0, 0.05) is 25.8 Å². The van der Waals surface area contributed by atoms with Gasteiger partial charge in [0.05, 0.1) is 11.9 Å². The van der Waals surface area contributed by atoms with Crippen molar-refractivity contribution in [1.82, 2.24) is 10.3 Å². The van der Waals surface area contributed by atoms with Crippen molar-refractivity contribution >= 4 is 5.69 Å². The van der Waals surface area contributed by atoms with Crippen LogP contribution in [0.3, 0.4) is 0 Å². The molecule has 2 heterocycles. The van der Waals surface area contributed by atoms with Crippen molar-refractivity contribution in [2.45, 2.75) is 6.42 Å². The van der Waals surface area contributed by atoms with Crippen LogP contribution in [0.5, 0.6) is 0 Å². The summed E-state index contributed by atoms with van der Waals surface area (Å²) in [6.07, 6.45) is 5.01. The molecule has 3 heteroatoms. The van der Waals surface area contributed by atoms with Crippen LogP contribution in [0.15, 0.2) is 18.5 Å². The van der Waals surface area contributed by atoms with E-state index in [4.69, 9.17) is 0 Å². The van der Waals surface area contributed by atoms with E-state index in [1.165, 1.54) is 17.7 Å². The highest BCUT2D eigenvalue weighted by Crippen LogP contribution is 2.25. The van der Waals surface area contributed by atoms with E-state index >= 15 is 0 Å². The molecule has 0 atom stereocenters. The molecule has 0 saturated heterocycles. The van der Waals surface area contributed by atoms with E-state index in [1.807, 2.05) is 19.4 Å². The van der Waals surface area contributed by atoms with Crippen LogP contribution >= 0.6 is 0 Å². The van der Waals surface area contributed by atoms with Crippen LogP contribution in [-0.2, 0) is 6.42 Å². The van der Waals surface area contributed by atoms with Crippen molar-refractivity contribution in [1.29, 1.82) is 0 Å². The Kier molecular flexibility index (Phi) is 2.45. The van der Waals surface area contributed by atoms with Gasteiger partial charge in [0.1, 0.15) is 0 Å². The zero-order chi connectivity index (χ0) is 9.10. The zero-order valence-electron chi connectivity index (χ0n) is 7.95. The number of nitrogens with one attached hydrogen (secondary N) is 1. The van der Waals surface area contributed by atoms with Crippen molar-refractivity contribution in [3.63, 3.8) is 0 Å². The molecule has 1 aromatic rings. The van der Waals surface area contributed by atoms with E-state index in [0.717, 1.165) is 19.6 Å². The highest BCUT2D eigenvalue weighted by Gasteiger charge is 2.17. The third-order valence-electron chi connectivity index (χ3n) is 2.51. The Bertz CT molecular complexity index is 285. The first-order valence-electron chi connectivity index (χ1n) is 4.74. The average Bonchev–Trinajstić information content (AvgIpc) is 2.58. The number of hydrogen-bond acceptors (Lipinski definition) is 3. The molecule has 0 aromatic carbocycles. The molecule has 1 aromatic heterocycles. The topological polar surface area (TPSA) is 28.2 Å². The molecule has 1 N–H and O–H groups in total. The highest BCUT2D eigenvalue weighted by atomic mass is 15.2. The third kappa shape index (κ3) is 1.65. The van der Waals surface area contributed by atoms with Gasteiger partial charge < -0.3 is 10.2 Å². The number of anilines is 1. The molecule has 2 rings (SSSR count). The van der Waals surface area contributed by atoms with Crippen LogP contribution < -0.4 is 10.2 Å². The Labute approximate surface area is 78.8 Å². The number of rotatable bonds is 3. The minimum atomic E-state index is 1.04. The Morgan fingerprint density at radius 1 is 1.62 bits per heavy atom. The molecule has 1 aliphatic rings. The lowest BCUT2D eigenvalue weighted by Gasteiger charge is -2.18. The number of fused-ring (bicyclic) bond motifs is 1. The molecule has 70 valence electrons. The maximum Gasteiger partial charge on any atom is 0.0586 e. The van der Waals surface area contributed by atoms with Crippen molar-refractivity contribution in [2.75, 3.05) is 31.6 Å². The van der Waals surface area contributed by atoms with E-state index in [9.17, 15) is 0 Å². The molecule has 3 nitrogen and oxygen atoms in total. The minimum absolute atomic E-state index is 1.04. The summed E-state index contributed by atoms with van der Waals surface area (Å²) >= 11 is 0. The highest BCUT2D eigenvalue weighted by molar-refractivity contribution is 5.55. The van der Waals surface area contributed by atoms with Gasteiger partial charge in [0.2, 0.25) is 0 Å². The van der Waals surface area contributed by atoms with Crippen LogP contribution in [-0.4, -0.2) is 31.7 Å². The monoisotopic (exact) mass is 177 g/mol. The predicted molar refractivity (Wildman–Crippen MR) is 54.1 cm³/mol. The fourth-order valence-electron chi connectivity index (χ4n) is 1.77. The second-order valence-electron chi connectivity index (χ2n) is 3.34. The first-order valence-corrected chi connectivity index (χ1v) is 4.74. The summed E-state index contributed by atoms with van der Waals surface area (Å²) in [5.74, 6) is 0. The summed E-state index contributed by atoms with van der Waals surface area (Å²) in [6, 6.07) is 2.12. The number of hydrogen-bond donors (Lipinski definition) is 1. The van der Waals surface area contributed by atoms with E-state index in [2.05, 4.69) is 21.3 Å². The summed E-state index contributed by atoms with van der Waals surface area (Å²) in [4.78, 5) is 6.54. The lowest BCUT2D eigenvalue weighted by atomic mass is 10.2. The normalized spacial score (nSPS) is 14.7. The summed E-state index contributed by atoms with van der Waals surface area (Å²) in [6.45, 7) is 3.26. The lowest BCUT2D eigenvalue weighted by molar-refractivity contribution is 0.740. The second kappa shape index (κ2) is 3.75. The SMILES string of the molecule is CNCCN1CCc2ccncc21. The van der Waals surface area contributed by atoms with Crippen molar-refractivity contribution in [3.8, 4) is 0 Å². The van der Waals surface area contributed by atoms with Crippen molar-refractivity contribution in [3.05, 3.63) is 24.0 Å². The summed E-state index contributed by atoms with van der Waals surface area (Å²) < 4.78 is 0. The Morgan fingerprint density at radius 3 is 3.38 bits per heavy atom. The fraction of sp³-hybridized carbons (Fsp3) is 0.500. The lowest BCUT2D eigenvalue weighted by Crippen LogP contribution is -2.29. The maximum atomic E-state index is 4.15. The largest absolute Gasteiger partial charge is 0.368 e.